The zero-order valence-electron chi connectivity index (χ0n) is 14.6. The molecule has 0 amide bonds. The van der Waals surface area contributed by atoms with E-state index in [-0.39, 0.29) is 31.1 Å². The molecule has 5 heteroatoms. The van der Waals surface area contributed by atoms with Crippen LogP contribution in [-0.2, 0) is 23.8 Å². The zero-order chi connectivity index (χ0) is 16.8. The zero-order valence-corrected chi connectivity index (χ0v) is 14.6. The molecule has 1 atom stereocenters. The summed E-state index contributed by atoms with van der Waals surface area (Å²) >= 11 is 0. The van der Waals surface area contributed by atoms with Crippen molar-refractivity contribution in [2.45, 2.75) is 67.1 Å². The van der Waals surface area contributed by atoms with E-state index >= 15 is 0 Å². The van der Waals surface area contributed by atoms with Gasteiger partial charge in [-0.05, 0) is 41.5 Å². The minimum absolute atomic E-state index is 0.0682. The second-order valence-corrected chi connectivity index (χ2v) is 7.49. The Morgan fingerprint density at radius 2 is 1.38 bits per heavy atom. The Hall–Kier alpha value is -1.10. The highest BCUT2D eigenvalue weighted by atomic mass is 16.6. The topological polar surface area (TPSA) is 61.8 Å². The molecule has 1 unspecified atom stereocenters. The number of carbonyl (C=O) groups is 2. The van der Waals surface area contributed by atoms with Gasteiger partial charge < -0.3 is 14.2 Å². The molecule has 0 aliphatic rings. The first-order chi connectivity index (χ1) is 9.33. The molecule has 0 aromatic rings. The number of ether oxygens (including phenoxy) is 3. The monoisotopic (exact) mass is 302 g/mol. The summed E-state index contributed by atoms with van der Waals surface area (Å²) in [6.07, 6.45) is -0.473. The first kappa shape index (κ1) is 19.9. The molecule has 124 valence electrons. The van der Waals surface area contributed by atoms with Gasteiger partial charge >= 0.3 is 11.9 Å². The highest BCUT2D eigenvalue weighted by molar-refractivity contribution is 5.75. The molecule has 0 saturated carbocycles. The standard InChI is InChI=1S/C16H30O5/c1-11(2)13(17)19-9-12(21-16(6,7)8)10-20-14(18)15(3,4)5/h11-12H,9-10H2,1-8H3. The molecular weight excluding hydrogens is 272 g/mol. The van der Waals surface area contributed by atoms with E-state index in [0.717, 1.165) is 0 Å². The summed E-state index contributed by atoms with van der Waals surface area (Å²) < 4.78 is 16.2. The number of rotatable bonds is 6. The fourth-order valence-electron chi connectivity index (χ4n) is 1.34. The second kappa shape index (κ2) is 7.78. The van der Waals surface area contributed by atoms with Gasteiger partial charge in [0.25, 0.3) is 0 Å². The fourth-order valence-corrected chi connectivity index (χ4v) is 1.34. The summed E-state index contributed by atoms with van der Waals surface area (Å²) in [4.78, 5) is 23.3. The van der Waals surface area contributed by atoms with Crippen LogP contribution in [0.4, 0.5) is 0 Å². The van der Waals surface area contributed by atoms with Gasteiger partial charge in [0.05, 0.1) is 16.9 Å². The highest BCUT2D eigenvalue weighted by Crippen LogP contribution is 2.17. The molecular formula is C16H30O5. The minimum atomic E-state index is -0.569. The van der Waals surface area contributed by atoms with E-state index in [9.17, 15) is 9.59 Å². The third-order valence-corrected chi connectivity index (χ3v) is 2.42. The Morgan fingerprint density at radius 1 is 0.905 bits per heavy atom. The fraction of sp³-hybridized carbons (Fsp3) is 0.875. The van der Waals surface area contributed by atoms with Crippen molar-refractivity contribution in [1.29, 1.82) is 0 Å². The van der Waals surface area contributed by atoms with Crippen molar-refractivity contribution in [2.75, 3.05) is 13.2 Å². The largest absolute Gasteiger partial charge is 0.463 e. The average molecular weight is 302 g/mol. The first-order valence-corrected chi connectivity index (χ1v) is 7.34. The van der Waals surface area contributed by atoms with Crippen LogP contribution >= 0.6 is 0 Å². The van der Waals surface area contributed by atoms with Crippen LogP contribution in [-0.4, -0.2) is 36.9 Å². The molecule has 0 rings (SSSR count). The van der Waals surface area contributed by atoms with Gasteiger partial charge in [-0.1, -0.05) is 13.8 Å². The summed E-state index contributed by atoms with van der Waals surface area (Å²) in [7, 11) is 0. The third-order valence-electron chi connectivity index (χ3n) is 2.42. The van der Waals surface area contributed by atoms with Crippen molar-refractivity contribution in [3.05, 3.63) is 0 Å². The highest BCUT2D eigenvalue weighted by Gasteiger charge is 2.27. The van der Waals surface area contributed by atoms with Crippen molar-refractivity contribution in [2.24, 2.45) is 11.3 Å². The summed E-state index contributed by atoms with van der Waals surface area (Å²) in [5, 5.41) is 0. The molecule has 0 aromatic carbocycles. The van der Waals surface area contributed by atoms with E-state index in [0.29, 0.717) is 0 Å². The van der Waals surface area contributed by atoms with Gasteiger partial charge in [-0.3, -0.25) is 9.59 Å². The lowest BCUT2D eigenvalue weighted by atomic mass is 9.97. The molecule has 0 N–H and O–H groups in total. The quantitative estimate of drug-likeness (QED) is 0.706. The van der Waals surface area contributed by atoms with E-state index < -0.39 is 17.1 Å². The molecule has 0 aliphatic heterocycles. The molecule has 0 spiro atoms. The molecule has 0 aliphatic carbocycles. The predicted octanol–water partition coefficient (Wildman–Crippen LogP) is 2.96. The second-order valence-electron chi connectivity index (χ2n) is 7.49. The molecule has 0 heterocycles. The Labute approximate surface area is 128 Å². The maximum Gasteiger partial charge on any atom is 0.311 e. The van der Waals surface area contributed by atoms with Crippen LogP contribution in [0.2, 0.25) is 0 Å². The van der Waals surface area contributed by atoms with Gasteiger partial charge in [-0.2, -0.15) is 0 Å². The maximum atomic E-state index is 11.8. The van der Waals surface area contributed by atoms with Crippen molar-refractivity contribution in [3.8, 4) is 0 Å². The van der Waals surface area contributed by atoms with Crippen molar-refractivity contribution < 1.29 is 23.8 Å². The number of hydrogen-bond donors (Lipinski definition) is 0. The van der Waals surface area contributed by atoms with Crippen molar-refractivity contribution in [3.63, 3.8) is 0 Å². The lowest BCUT2D eigenvalue weighted by Crippen LogP contribution is -2.37. The van der Waals surface area contributed by atoms with Gasteiger partial charge in [0.1, 0.15) is 19.3 Å². The Kier molecular flexibility index (Phi) is 7.37. The van der Waals surface area contributed by atoms with Gasteiger partial charge in [0.2, 0.25) is 0 Å². The lowest BCUT2D eigenvalue weighted by Gasteiger charge is -2.28. The Balaban J connectivity index is 4.54. The summed E-state index contributed by atoms with van der Waals surface area (Å²) in [6, 6.07) is 0. The van der Waals surface area contributed by atoms with Crippen molar-refractivity contribution >= 4 is 11.9 Å². The Bertz CT molecular complexity index is 347. The van der Waals surface area contributed by atoms with Gasteiger partial charge in [-0.25, -0.2) is 0 Å². The van der Waals surface area contributed by atoms with E-state index in [2.05, 4.69) is 0 Å². The van der Waals surface area contributed by atoms with E-state index in [1.54, 1.807) is 34.6 Å². The van der Waals surface area contributed by atoms with Crippen LogP contribution in [0, 0.1) is 11.3 Å². The average Bonchev–Trinajstić information content (AvgIpc) is 2.28. The van der Waals surface area contributed by atoms with Crippen LogP contribution in [0.1, 0.15) is 55.4 Å². The first-order valence-electron chi connectivity index (χ1n) is 7.34. The molecule has 21 heavy (non-hydrogen) atoms. The molecule has 0 bridgehead atoms. The normalized spacial score (nSPS) is 14.0. The number of hydrogen-bond acceptors (Lipinski definition) is 5. The SMILES string of the molecule is CC(C)C(=O)OCC(COC(=O)C(C)(C)C)OC(C)(C)C. The van der Waals surface area contributed by atoms with Gasteiger partial charge in [-0.15, -0.1) is 0 Å². The molecule has 5 nitrogen and oxygen atoms in total. The van der Waals surface area contributed by atoms with Crippen LogP contribution in [0.25, 0.3) is 0 Å². The van der Waals surface area contributed by atoms with Crippen molar-refractivity contribution in [1.82, 2.24) is 0 Å². The van der Waals surface area contributed by atoms with E-state index in [4.69, 9.17) is 14.2 Å². The number of esters is 2. The molecule has 0 radical (unpaired) electrons. The number of carbonyl (C=O) groups excluding carboxylic acids is 2. The maximum absolute atomic E-state index is 11.8. The van der Waals surface area contributed by atoms with Crippen LogP contribution < -0.4 is 0 Å². The summed E-state index contributed by atoms with van der Waals surface area (Å²) in [5.74, 6) is -0.794. The summed E-state index contributed by atoms with van der Waals surface area (Å²) in [6.45, 7) is 14.7. The Morgan fingerprint density at radius 3 is 1.76 bits per heavy atom. The minimum Gasteiger partial charge on any atom is -0.463 e. The molecule has 0 saturated heterocycles. The van der Waals surface area contributed by atoms with Crippen LogP contribution in [0.5, 0.6) is 0 Å². The summed E-state index contributed by atoms with van der Waals surface area (Å²) in [5.41, 5.74) is -0.982. The third kappa shape index (κ3) is 9.45. The van der Waals surface area contributed by atoms with Gasteiger partial charge in [0.15, 0.2) is 0 Å². The van der Waals surface area contributed by atoms with Gasteiger partial charge in [0, 0.05) is 0 Å². The molecule has 0 aromatic heterocycles. The smallest absolute Gasteiger partial charge is 0.311 e. The van der Waals surface area contributed by atoms with Crippen LogP contribution in [0.3, 0.4) is 0 Å². The molecule has 0 fully saturated rings. The van der Waals surface area contributed by atoms with E-state index in [1.807, 2.05) is 20.8 Å². The lowest BCUT2D eigenvalue weighted by molar-refractivity contribution is -0.170. The predicted molar refractivity (Wildman–Crippen MR) is 80.8 cm³/mol. The van der Waals surface area contributed by atoms with Crippen LogP contribution in [0.15, 0.2) is 0 Å². The van der Waals surface area contributed by atoms with E-state index in [1.165, 1.54) is 0 Å².